The smallest absolute Gasteiger partial charge is 0.199 e. The molecule has 4 atom stereocenters. The number of alkyl halides is 1. The fourth-order valence-electron chi connectivity index (χ4n) is 2.41. The lowest BCUT2D eigenvalue weighted by molar-refractivity contribution is -0.107. The monoisotopic (exact) mass is 326 g/mol. The van der Waals surface area contributed by atoms with E-state index in [2.05, 4.69) is 20.0 Å². The van der Waals surface area contributed by atoms with Gasteiger partial charge in [-0.2, -0.15) is 0 Å². The van der Waals surface area contributed by atoms with Gasteiger partial charge in [-0.1, -0.05) is 5.11 Å². The molecule has 1 aliphatic rings. The first-order valence-electron chi connectivity index (χ1n) is 6.18. The predicted molar refractivity (Wildman–Crippen MR) is 75.5 cm³/mol. The number of fused-ring (bicyclic) bond motifs is 1. The first-order valence-corrected chi connectivity index (χ1v) is 7.06. The molecule has 0 amide bonds. The maximum Gasteiger partial charge on any atom is 0.199 e. The molecule has 0 saturated carbocycles. The minimum atomic E-state index is -2.06. The summed E-state index contributed by atoms with van der Waals surface area (Å²) >= 11 is 1.21. The van der Waals surface area contributed by atoms with E-state index in [4.69, 9.17) is 16.0 Å². The van der Waals surface area contributed by atoms with Crippen molar-refractivity contribution in [2.75, 3.05) is 12.3 Å². The Bertz CT molecular complexity index is 765. The second kappa shape index (κ2) is 5.30. The number of halogens is 1. The molecular weight excluding hydrogens is 315 g/mol. The van der Waals surface area contributed by atoms with Gasteiger partial charge in [0.05, 0.1) is 16.8 Å². The van der Waals surface area contributed by atoms with Gasteiger partial charge < -0.3 is 20.7 Å². The number of aliphatic hydroxyl groups is 2. The van der Waals surface area contributed by atoms with E-state index in [9.17, 15) is 14.6 Å². The third kappa shape index (κ3) is 1.99. The predicted octanol–water partition coefficient (Wildman–Crippen LogP) is 1.04. The lowest BCUT2D eigenvalue weighted by atomic mass is 10.0. The van der Waals surface area contributed by atoms with E-state index in [1.807, 2.05) is 0 Å². The molecule has 1 saturated heterocycles. The Balaban J connectivity index is 2.08. The van der Waals surface area contributed by atoms with Crippen molar-refractivity contribution in [3.8, 4) is 0 Å². The molecule has 0 spiro atoms. The van der Waals surface area contributed by atoms with Gasteiger partial charge in [0.25, 0.3) is 0 Å². The summed E-state index contributed by atoms with van der Waals surface area (Å²) in [5.41, 5.74) is 13.0. The molecule has 9 nitrogen and oxygen atoms in total. The van der Waals surface area contributed by atoms with Crippen molar-refractivity contribution >= 4 is 27.4 Å². The number of hydrogen-bond donors (Lipinski definition) is 3. The van der Waals surface area contributed by atoms with Crippen LogP contribution < -0.4 is 5.73 Å². The van der Waals surface area contributed by atoms with E-state index in [0.717, 1.165) is 0 Å². The van der Waals surface area contributed by atoms with Crippen molar-refractivity contribution in [3.63, 3.8) is 0 Å². The topological polar surface area (TPSA) is 150 Å². The highest BCUT2D eigenvalue weighted by atomic mass is 32.1. The zero-order chi connectivity index (χ0) is 15.9. The minimum absolute atomic E-state index is 0.249. The molecule has 0 unspecified atom stereocenters. The Kier molecular flexibility index (Phi) is 3.59. The van der Waals surface area contributed by atoms with Crippen molar-refractivity contribution in [2.24, 2.45) is 5.11 Å². The summed E-state index contributed by atoms with van der Waals surface area (Å²) in [6.45, 7) is -0.853. The van der Waals surface area contributed by atoms with Gasteiger partial charge in [0.1, 0.15) is 24.4 Å². The minimum Gasteiger partial charge on any atom is -0.393 e. The largest absolute Gasteiger partial charge is 0.393 e. The van der Waals surface area contributed by atoms with Crippen LogP contribution in [0.15, 0.2) is 16.8 Å². The number of anilines is 1. The number of aromatic nitrogens is 2. The van der Waals surface area contributed by atoms with E-state index in [-0.39, 0.29) is 5.82 Å². The van der Waals surface area contributed by atoms with Gasteiger partial charge in [-0.15, -0.1) is 11.3 Å². The highest BCUT2D eigenvalue weighted by molar-refractivity contribution is 7.17. The van der Waals surface area contributed by atoms with E-state index in [0.29, 0.717) is 15.8 Å². The second-order valence-corrected chi connectivity index (χ2v) is 5.63. The molecule has 1 fully saturated rings. The molecular formula is C11H11FN6O3S. The summed E-state index contributed by atoms with van der Waals surface area (Å²) in [5.74, 6) is 0.249. The van der Waals surface area contributed by atoms with Crippen LogP contribution >= 0.6 is 11.3 Å². The zero-order valence-electron chi connectivity index (χ0n) is 11.0. The molecule has 11 heteroatoms. The van der Waals surface area contributed by atoms with Crippen LogP contribution in [0, 0.1) is 0 Å². The summed E-state index contributed by atoms with van der Waals surface area (Å²) < 4.78 is 20.4. The molecule has 3 heterocycles. The number of hydrogen-bond acceptors (Lipinski definition) is 8. The van der Waals surface area contributed by atoms with Gasteiger partial charge in [0, 0.05) is 10.5 Å². The van der Waals surface area contributed by atoms with Crippen molar-refractivity contribution in [1.82, 2.24) is 9.97 Å². The number of nitrogens with zero attached hydrogens (tertiary/aromatic N) is 5. The molecule has 1 aliphatic heterocycles. The van der Waals surface area contributed by atoms with Crippen LogP contribution in [0.2, 0.25) is 0 Å². The molecule has 2 aromatic heterocycles. The Hall–Kier alpha value is -2.04. The van der Waals surface area contributed by atoms with E-state index in [1.165, 1.54) is 17.7 Å². The standard InChI is InChI=1S/C11H11FN6O3S/c12-5-7(21-11(2-19,9(5)20)17-18-14)4-1-22-8-6(4)15-3-16-10(8)13/h1,3,5,7,9,19-20H,2H2,(H2,13,15,16)/t5-,7-,9-,11+/m0/s1. The number of nitrogen functional groups attached to an aromatic ring is 1. The Labute approximate surface area is 126 Å². The fourth-order valence-corrected chi connectivity index (χ4v) is 3.36. The molecule has 0 radical (unpaired) electrons. The van der Waals surface area contributed by atoms with Crippen LogP contribution in [0.1, 0.15) is 11.7 Å². The van der Waals surface area contributed by atoms with E-state index >= 15 is 0 Å². The van der Waals surface area contributed by atoms with Gasteiger partial charge in [-0.25, -0.2) is 14.4 Å². The molecule has 116 valence electrons. The summed E-state index contributed by atoms with van der Waals surface area (Å²) in [4.78, 5) is 10.4. The van der Waals surface area contributed by atoms with Crippen LogP contribution in [0.5, 0.6) is 0 Å². The normalized spacial score (nSPS) is 31.3. The zero-order valence-corrected chi connectivity index (χ0v) is 11.8. The molecule has 22 heavy (non-hydrogen) atoms. The van der Waals surface area contributed by atoms with Crippen LogP contribution in [0.4, 0.5) is 10.2 Å². The number of nitrogens with two attached hydrogens (primary N) is 1. The van der Waals surface area contributed by atoms with Crippen molar-refractivity contribution in [2.45, 2.75) is 24.1 Å². The highest BCUT2D eigenvalue weighted by Gasteiger charge is 2.55. The van der Waals surface area contributed by atoms with E-state index in [1.54, 1.807) is 5.38 Å². The van der Waals surface area contributed by atoms with Crippen molar-refractivity contribution in [1.29, 1.82) is 0 Å². The van der Waals surface area contributed by atoms with Gasteiger partial charge in [-0.05, 0) is 10.9 Å². The third-order valence-corrected chi connectivity index (χ3v) is 4.55. The SMILES string of the molecule is [N-]=[N+]=N[C@]1(CO)O[C@@H](c2csc3c(N)ncnc23)[C@H](F)[C@@H]1O. The summed E-state index contributed by atoms with van der Waals surface area (Å²) in [5, 5.41) is 24.1. The van der Waals surface area contributed by atoms with Crippen LogP contribution in [-0.2, 0) is 4.74 Å². The first kappa shape index (κ1) is 14.9. The number of ether oxygens (including phenoxy) is 1. The van der Waals surface area contributed by atoms with Gasteiger partial charge in [-0.3, -0.25) is 0 Å². The Morgan fingerprint density at radius 3 is 3.05 bits per heavy atom. The highest BCUT2D eigenvalue weighted by Crippen LogP contribution is 2.45. The number of thiophene rings is 1. The lowest BCUT2D eigenvalue weighted by Crippen LogP contribution is -2.43. The van der Waals surface area contributed by atoms with Crippen LogP contribution in [0.25, 0.3) is 20.7 Å². The molecule has 3 rings (SSSR count). The van der Waals surface area contributed by atoms with Crippen LogP contribution in [0.3, 0.4) is 0 Å². The number of azide groups is 1. The summed E-state index contributed by atoms with van der Waals surface area (Å²) in [6, 6.07) is 0. The molecule has 0 aromatic carbocycles. The van der Waals surface area contributed by atoms with Crippen molar-refractivity contribution < 1.29 is 19.3 Å². The van der Waals surface area contributed by atoms with E-state index < -0.39 is 30.7 Å². The first-order chi connectivity index (χ1) is 10.5. The maximum absolute atomic E-state index is 14.4. The summed E-state index contributed by atoms with van der Waals surface area (Å²) in [6.07, 6.45) is -3.70. The Morgan fingerprint density at radius 1 is 1.59 bits per heavy atom. The van der Waals surface area contributed by atoms with Crippen molar-refractivity contribution in [3.05, 3.63) is 27.7 Å². The quantitative estimate of drug-likeness (QED) is 0.435. The maximum atomic E-state index is 14.4. The van der Waals surface area contributed by atoms with Gasteiger partial charge in [0.2, 0.25) is 0 Å². The van der Waals surface area contributed by atoms with Crippen LogP contribution in [-0.4, -0.2) is 44.8 Å². The lowest BCUT2D eigenvalue weighted by Gasteiger charge is -2.23. The molecule has 4 N–H and O–H groups in total. The fraction of sp³-hybridized carbons (Fsp3) is 0.455. The molecule has 0 bridgehead atoms. The molecule has 2 aromatic rings. The van der Waals surface area contributed by atoms with Gasteiger partial charge in [0.15, 0.2) is 11.9 Å². The number of rotatable bonds is 3. The number of aliphatic hydroxyl groups excluding tert-OH is 2. The molecule has 0 aliphatic carbocycles. The Morgan fingerprint density at radius 2 is 2.36 bits per heavy atom. The average Bonchev–Trinajstić information content (AvgIpc) is 3.04. The van der Waals surface area contributed by atoms with Gasteiger partial charge >= 0.3 is 0 Å². The second-order valence-electron chi connectivity index (χ2n) is 4.75. The average molecular weight is 326 g/mol. The third-order valence-electron chi connectivity index (χ3n) is 3.54. The summed E-state index contributed by atoms with van der Waals surface area (Å²) in [7, 11) is 0.